The second-order valence-corrected chi connectivity index (χ2v) is 4.03. The number of rotatable bonds is 3. The van der Waals surface area contributed by atoms with Crippen LogP contribution in [-0.4, -0.2) is 24.2 Å². The molecule has 0 unspecified atom stereocenters. The fraction of sp³-hybridized carbons (Fsp3) is 0.333. The Balaban J connectivity index is 2.54. The van der Waals surface area contributed by atoms with Gasteiger partial charge in [0.15, 0.2) is 18.1 Å². The van der Waals surface area contributed by atoms with Crippen molar-refractivity contribution in [3.05, 3.63) is 23.3 Å². The maximum Gasteiger partial charge on any atom is 0.262 e. The van der Waals surface area contributed by atoms with Crippen molar-refractivity contribution in [3.8, 4) is 5.75 Å². The first-order valence-corrected chi connectivity index (χ1v) is 5.88. The zero-order chi connectivity index (χ0) is 12.4. The van der Waals surface area contributed by atoms with E-state index in [1.54, 1.807) is 6.07 Å². The molecule has 1 aliphatic rings. The quantitative estimate of drug-likeness (QED) is 0.662. The molecule has 0 spiro atoms. The van der Waals surface area contributed by atoms with Crippen molar-refractivity contribution in [2.45, 2.75) is 13.3 Å². The summed E-state index contributed by atoms with van der Waals surface area (Å²) in [4.78, 5) is 22.9. The van der Waals surface area contributed by atoms with E-state index in [0.29, 0.717) is 17.0 Å². The van der Waals surface area contributed by atoms with E-state index in [2.05, 4.69) is 5.32 Å². The van der Waals surface area contributed by atoms with Crippen molar-refractivity contribution in [1.82, 2.24) is 0 Å². The van der Waals surface area contributed by atoms with E-state index in [4.69, 9.17) is 16.3 Å². The second kappa shape index (κ2) is 4.75. The molecule has 5 heteroatoms. The van der Waals surface area contributed by atoms with Crippen LogP contribution in [-0.2, 0) is 11.2 Å². The molecule has 1 aromatic rings. The average molecular weight is 254 g/mol. The van der Waals surface area contributed by atoms with Gasteiger partial charge in [-0.15, -0.1) is 11.6 Å². The van der Waals surface area contributed by atoms with Crippen LogP contribution in [0.3, 0.4) is 0 Å². The van der Waals surface area contributed by atoms with E-state index in [9.17, 15) is 9.59 Å². The predicted octanol–water partition coefficient (Wildman–Crippen LogP) is 2.00. The number of aryl methyl sites for hydroxylation is 1. The maximum atomic E-state index is 11.7. The zero-order valence-corrected chi connectivity index (χ0v) is 10.1. The van der Waals surface area contributed by atoms with Crippen LogP contribution in [0.1, 0.15) is 22.8 Å². The first-order valence-electron chi connectivity index (χ1n) is 5.34. The molecule has 1 heterocycles. The molecule has 2 rings (SSSR count). The van der Waals surface area contributed by atoms with E-state index in [1.165, 1.54) is 0 Å². The normalized spacial score (nSPS) is 13.6. The van der Waals surface area contributed by atoms with Crippen LogP contribution in [0.2, 0.25) is 0 Å². The van der Waals surface area contributed by atoms with Gasteiger partial charge in [0, 0.05) is 0 Å². The summed E-state index contributed by atoms with van der Waals surface area (Å²) in [7, 11) is 0. The number of ether oxygens (including phenoxy) is 1. The molecule has 1 aromatic carbocycles. The summed E-state index contributed by atoms with van der Waals surface area (Å²) in [6.45, 7) is 1.91. The molecule has 1 N–H and O–H groups in total. The van der Waals surface area contributed by atoms with Crippen LogP contribution < -0.4 is 10.1 Å². The van der Waals surface area contributed by atoms with Gasteiger partial charge in [0.25, 0.3) is 5.91 Å². The Labute approximate surface area is 104 Å². The molecule has 4 nitrogen and oxygen atoms in total. The molecule has 0 bridgehead atoms. The highest BCUT2D eigenvalue weighted by atomic mass is 35.5. The Bertz CT molecular complexity index is 485. The highest BCUT2D eigenvalue weighted by Crippen LogP contribution is 2.33. The highest BCUT2D eigenvalue weighted by molar-refractivity contribution is 6.31. The number of hydrogen-bond donors (Lipinski definition) is 1. The van der Waals surface area contributed by atoms with Gasteiger partial charge < -0.3 is 10.1 Å². The van der Waals surface area contributed by atoms with Crippen LogP contribution >= 0.6 is 11.6 Å². The Morgan fingerprint density at radius 2 is 2.29 bits per heavy atom. The first kappa shape index (κ1) is 11.9. The number of amides is 1. The highest BCUT2D eigenvalue weighted by Gasteiger charge is 2.23. The minimum atomic E-state index is -0.213. The molecule has 1 aliphatic heterocycles. The fourth-order valence-corrected chi connectivity index (χ4v) is 1.89. The van der Waals surface area contributed by atoms with Gasteiger partial charge in [-0.3, -0.25) is 9.59 Å². The number of hydrogen-bond acceptors (Lipinski definition) is 3. The number of alkyl halides is 1. The molecule has 17 heavy (non-hydrogen) atoms. The van der Waals surface area contributed by atoms with Gasteiger partial charge >= 0.3 is 0 Å². The van der Waals surface area contributed by atoms with E-state index in [0.717, 1.165) is 12.0 Å². The summed E-state index contributed by atoms with van der Waals surface area (Å²) in [6, 6.07) is 3.58. The minimum Gasteiger partial charge on any atom is -0.481 e. The molecular formula is C12H12ClNO3. The lowest BCUT2D eigenvalue weighted by atomic mass is 10.0. The Hall–Kier alpha value is -1.55. The van der Waals surface area contributed by atoms with Gasteiger partial charge in [0.2, 0.25) is 0 Å². The van der Waals surface area contributed by atoms with Crippen molar-refractivity contribution < 1.29 is 14.3 Å². The lowest BCUT2D eigenvalue weighted by Crippen LogP contribution is -2.27. The number of fused-ring (bicyclic) bond motifs is 1. The summed E-state index contributed by atoms with van der Waals surface area (Å²) < 4.78 is 5.30. The van der Waals surface area contributed by atoms with Crippen LogP contribution in [0, 0.1) is 0 Å². The van der Waals surface area contributed by atoms with Crippen molar-refractivity contribution in [3.63, 3.8) is 0 Å². The van der Waals surface area contributed by atoms with E-state index < -0.39 is 0 Å². The van der Waals surface area contributed by atoms with E-state index in [-0.39, 0.29) is 24.2 Å². The topological polar surface area (TPSA) is 55.4 Å². The third-order valence-corrected chi connectivity index (χ3v) is 2.84. The monoisotopic (exact) mass is 253 g/mol. The second-order valence-electron chi connectivity index (χ2n) is 3.77. The number of anilines is 1. The number of Topliss-reactive ketones (excluding diaryl/α,β-unsaturated/α-hetero) is 1. The number of ketones is 1. The minimum absolute atomic E-state index is 0.0684. The lowest BCUT2D eigenvalue weighted by molar-refractivity contribution is -0.118. The number of benzene rings is 1. The third kappa shape index (κ3) is 2.26. The SMILES string of the molecule is CCc1cc2c(c(C(=O)CCl)c1)OCC(=O)N2. The molecule has 0 aromatic heterocycles. The van der Waals surface area contributed by atoms with Crippen molar-refractivity contribution in [1.29, 1.82) is 0 Å². The number of halogens is 1. The van der Waals surface area contributed by atoms with Crippen molar-refractivity contribution in [2.24, 2.45) is 0 Å². The van der Waals surface area contributed by atoms with E-state index >= 15 is 0 Å². The Morgan fingerprint density at radius 1 is 1.53 bits per heavy atom. The third-order valence-electron chi connectivity index (χ3n) is 2.60. The first-order chi connectivity index (χ1) is 8.15. The smallest absolute Gasteiger partial charge is 0.262 e. The van der Waals surface area contributed by atoms with Crippen molar-refractivity contribution in [2.75, 3.05) is 17.8 Å². The lowest BCUT2D eigenvalue weighted by Gasteiger charge is -2.21. The summed E-state index contributed by atoms with van der Waals surface area (Å²) in [5.41, 5.74) is 1.95. The molecule has 0 fully saturated rings. The summed E-state index contributed by atoms with van der Waals surface area (Å²) in [5.74, 6) is -0.0893. The summed E-state index contributed by atoms with van der Waals surface area (Å²) in [5, 5.41) is 2.69. The molecule has 90 valence electrons. The average Bonchev–Trinajstić information content (AvgIpc) is 2.35. The molecular weight excluding hydrogens is 242 g/mol. The molecule has 0 saturated carbocycles. The predicted molar refractivity (Wildman–Crippen MR) is 65.0 cm³/mol. The fourth-order valence-electron chi connectivity index (χ4n) is 1.74. The largest absolute Gasteiger partial charge is 0.481 e. The van der Waals surface area contributed by atoms with Gasteiger partial charge in [-0.25, -0.2) is 0 Å². The molecule has 0 aliphatic carbocycles. The van der Waals surface area contributed by atoms with Crippen LogP contribution in [0.25, 0.3) is 0 Å². The number of carbonyl (C=O) groups is 2. The van der Waals surface area contributed by atoms with Gasteiger partial charge in [-0.1, -0.05) is 6.92 Å². The maximum absolute atomic E-state index is 11.7. The van der Waals surface area contributed by atoms with E-state index in [1.807, 2.05) is 13.0 Å². The molecule has 0 radical (unpaired) electrons. The zero-order valence-electron chi connectivity index (χ0n) is 9.38. The van der Waals surface area contributed by atoms with Gasteiger partial charge in [0.05, 0.1) is 17.1 Å². The van der Waals surface area contributed by atoms with Gasteiger partial charge in [0.1, 0.15) is 0 Å². The standard InChI is InChI=1S/C12H12ClNO3/c1-2-7-3-8(10(15)5-13)12-9(4-7)14-11(16)6-17-12/h3-4H,2,5-6H2,1H3,(H,14,16). The Kier molecular flexibility index (Phi) is 3.33. The molecule has 0 saturated heterocycles. The van der Waals surface area contributed by atoms with Gasteiger partial charge in [-0.05, 0) is 24.1 Å². The van der Waals surface area contributed by atoms with Gasteiger partial charge in [-0.2, -0.15) is 0 Å². The van der Waals surface area contributed by atoms with Crippen molar-refractivity contribution >= 4 is 29.0 Å². The van der Waals surface area contributed by atoms with Crippen LogP contribution in [0.5, 0.6) is 5.75 Å². The summed E-state index contributed by atoms with van der Waals surface area (Å²) >= 11 is 5.56. The number of carbonyl (C=O) groups excluding carboxylic acids is 2. The molecule has 1 amide bonds. The summed E-state index contributed by atoms with van der Waals surface area (Å²) in [6.07, 6.45) is 0.770. The molecule has 0 atom stereocenters. The van der Waals surface area contributed by atoms with Crippen LogP contribution in [0.4, 0.5) is 5.69 Å². The van der Waals surface area contributed by atoms with Crippen LogP contribution in [0.15, 0.2) is 12.1 Å². The Morgan fingerprint density at radius 3 is 2.94 bits per heavy atom. The number of nitrogens with one attached hydrogen (secondary N) is 1.